The summed E-state index contributed by atoms with van der Waals surface area (Å²) in [6.45, 7) is 3.88. The second-order valence-corrected chi connectivity index (χ2v) is 3.53. The molecular formula is C11H15NO2. The smallest absolute Gasteiger partial charge is 0.303 e. The summed E-state index contributed by atoms with van der Waals surface area (Å²) in [5.74, 6) is -0.765. The number of rotatable bonds is 3. The molecule has 0 atom stereocenters. The Morgan fingerprint density at radius 2 is 2.00 bits per heavy atom. The highest BCUT2D eigenvalue weighted by Crippen LogP contribution is 2.18. The van der Waals surface area contributed by atoms with Gasteiger partial charge in [0, 0.05) is 12.1 Å². The van der Waals surface area contributed by atoms with Gasteiger partial charge in [0.15, 0.2) is 0 Å². The van der Waals surface area contributed by atoms with Gasteiger partial charge in [-0.1, -0.05) is 6.07 Å². The van der Waals surface area contributed by atoms with Crippen LogP contribution in [0.15, 0.2) is 12.1 Å². The topological polar surface area (TPSA) is 63.3 Å². The van der Waals surface area contributed by atoms with E-state index in [9.17, 15) is 4.79 Å². The molecule has 3 nitrogen and oxygen atoms in total. The number of aryl methyl sites for hydroxylation is 3. The molecule has 0 unspecified atom stereocenters. The summed E-state index contributed by atoms with van der Waals surface area (Å²) in [6.07, 6.45) is 0.743. The largest absolute Gasteiger partial charge is 0.481 e. The second-order valence-electron chi connectivity index (χ2n) is 3.53. The van der Waals surface area contributed by atoms with Gasteiger partial charge in [-0.15, -0.1) is 0 Å². The van der Waals surface area contributed by atoms with E-state index in [1.54, 1.807) is 0 Å². The van der Waals surface area contributed by atoms with Gasteiger partial charge in [-0.2, -0.15) is 0 Å². The highest BCUT2D eigenvalue weighted by molar-refractivity contribution is 5.67. The monoisotopic (exact) mass is 193 g/mol. The normalized spacial score (nSPS) is 10.1. The molecule has 1 aromatic rings. The molecule has 3 heteroatoms. The highest BCUT2D eigenvalue weighted by atomic mass is 16.4. The Morgan fingerprint density at radius 1 is 1.36 bits per heavy atom. The summed E-state index contributed by atoms with van der Waals surface area (Å²) in [5.41, 5.74) is 9.64. The maximum atomic E-state index is 10.4. The molecule has 3 N–H and O–H groups in total. The Balaban J connectivity index is 2.87. The standard InChI is InChI=1S/C11H15NO2/c1-7-6-10(12)8(2)5-9(7)3-4-11(13)14/h5-6H,3-4,12H2,1-2H3,(H,13,14). The third-order valence-corrected chi connectivity index (χ3v) is 2.33. The Hall–Kier alpha value is -1.51. The predicted octanol–water partition coefficient (Wildman–Crippen LogP) is 1.90. The van der Waals surface area contributed by atoms with Crippen molar-refractivity contribution in [1.82, 2.24) is 0 Å². The molecule has 0 fully saturated rings. The average molecular weight is 193 g/mol. The zero-order chi connectivity index (χ0) is 10.7. The van der Waals surface area contributed by atoms with E-state index in [1.807, 2.05) is 26.0 Å². The average Bonchev–Trinajstić information content (AvgIpc) is 2.09. The summed E-state index contributed by atoms with van der Waals surface area (Å²) in [4.78, 5) is 10.4. The van der Waals surface area contributed by atoms with E-state index >= 15 is 0 Å². The summed E-state index contributed by atoms with van der Waals surface area (Å²) >= 11 is 0. The first kappa shape index (κ1) is 10.6. The van der Waals surface area contributed by atoms with Crippen LogP contribution in [0, 0.1) is 13.8 Å². The molecule has 14 heavy (non-hydrogen) atoms. The van der Waals surface area contributed by atoms with Gasteiger partial charge in [0.1, 0.15) is 0 Å². The Bertz CT molecular complexity index is 359. The molecule has 0 aromatic heterocycles. The number of benzene rings is 1. The van der Waals surface area contributed by atoms with Crippen molar-refractivity contribution < 1.29 is 9.90 Å². The van der Waals surface area contributed by atoms with Crippen LogP contribution in [-0.4, -0.2) is 11.1 Å². The summed E-state index contributed by atoms with van der Waals surface area (Å²) in [6, 6.07) is 3.86. The molecule has 0 radical (unpaired) electrons. The maximum Gasteiger partial charge on any atom is 0.303 e. The third kappa shape index (κ3) is 2.49. The Labute approximate surface area is 83.6 Å². The minimum Gasteiger partial charge on any atom is -0.481 e. The first-order valence-electron chi connectivity index (χ1n) is 4.58. The van der Waals surface area contributed by atoms with Gasteiger partial charge in [-0.25, -0.2) is 0 Å². The number of hydrogen-bond donors (Lipinski definition) is 2. The Morgan fingerprint density at radius 3 is 2.57 bits per heavy atom. The van der Waals surface area contributed by atoms with Crippen LogP contribution < -0.4 is 5.73 Å². The first-order chi connectivity index (χ1) is 6.50. The molecule has 76 valence electrons. The minimum absolute atomic E-state index is 0.171. The SMILES string of the molecule is Cc1cc(CCC(=O)O)c(C)cc1N. The number of aliphatic carboxylic acids is 1. The number of nitrogens with two attached hydrogens (primary N) is 1. The lowest BCUT2D eigenvalue weighted by Gasteiger charge is -2.08. The third-order valence-electron chi connectivity index (χ3n) is 2.33. The van der Waals surface area contributed by atoms with Gasteiger partial charge in [-0.3, -0.25) is 4.79 Å². The highest BCUT2D eigenvalue weighted by Gasteiger charge is 2.04. The first-order valence-corrected chi connectivity index (χ1v) is 4.58. The summed E-state index contributed by atoms with van der Waals surface area (Å²) in [7, 11) is 0. The van der Waals surface area contributed by atoms with Crippen molar-refractivity contribution in [2.75, 3.05) is 5.73 Å². The van der Waals surface area contributed by atoms with Crippen molar-refractivity contribution in [3.63, 3.8) is 0 Å². The molecular weight excluding hydrogens is 178 g/mol. The van der Waals surface area contributed by atoms with Gasteiger partial charge in [0.25, 0.3) is 0 Å². The van der Waals surface area contributed by atoms with Gasteiger partial charge >= 0.3 is 5.97 Å². The van der Waals surface area contributed by atoms with Crippen LogP contribution >= 0.6 is 0 Å². The molecule has 0 saturated carbocycles. The van der Waals surface area contributed by atoms with Crippen LogP contribution in [0.1, 0.15) is 23.1 Å². The lowest BCUT2D eigenvalue weighted by molar-refractivity contribution is -0.136. The van der Waals surface area contributed by atoms with Crippen molar-refractivity contribution in [3.8, 4) is 0 Å². The molecule has 1 aromatic carbocycles. The van der Waals surface area contributed by atoms with Crippen molar-refractivity contribution in [1.29, 1.82) is 0 Å². The zero-order valence-corrected chi connectivity index (χ0v) is 8.50. The molecule has 0 saturated heterocycles. The van der Waals surface area contributed by atoms with E-state index in [2.05, 4.69) is 0 Å². The van der Waals surface area contributed by atoms with E-state index in [1.165, 1.54) is 0 Å². The van der Waals surface area contributed by atoms with Crippen molar-refractivity contribution in [3.05, 3.63) is 28.8 Å². The molecule has 0 aliphatic rings. The molecule has 0 heterocycles. The number of nitrogen functional groups attached to an aromatic ring is 1. The number of anilines is 1. The number of carboxylic acids is 1. The van der Waals surface area contributed by atoms with E-state index in [-0.39, 0.29) is 6.42 Å². The van der Waals surface area contributed by atoms with Crippen LogP contribution in [0.2, 0.25) is 0 Å². The fraction of sp³-hybridized carbons (Fsp3) is 0.364. The van der Waals surface area contributed by atoms with E-state index in [0.29, 0.717) is 6.42 Å². The molecule has 0 bridgehead atoms. The van der Waals surface area contributed by atoms with Crippen LogP contribution in [0.5, 0.6) is 0 Å². The van der Waals surface area contributed by atoms with Gasteiger partial charge in [0.05, 0.1) is 0 Å². The molecule has 0 aliphatic heterocycles. The number of carboxylic acid groups (broad SMARTS) is 1. The van der Waals surface area contributed by atoms with Crippen LogP contribution in [0.4, 0.5) is 5.69 Å². The zero-order valence-electron chi connectivity index (χ0n) is 8.50. The molecule has 0 spiro atoms. The number of hydrogen-bond acceptors (Lipinski definition) is 2. The van der Waals surface area contributed by atoms with E-state index in [0.717, 1.165) is 22.4 Å². The lowest BCUT2D eigenvalue weighted by atomic mass is 10.00. The second kappa shape index (κ2) is 4.13. The van der Waals surface area contributed by atoms with Gasteiger partial charge < -0.3 is 10.8 Å². The van der Waals surface area contributed by atoms with Gasteiger partial charge in [-0.05, 0) is 43.0 Å². The summed E-state index contributed by atoms with van der Waals surface area (Å²) < 4.78 is 0. The summed E-state index contributed by atoms with van der Waals surface area (Å²) in [5, 5.41) is 8.56. The molecule has 1 rings (SSSR count). The van der Waals surface area contributed by atoms with Crippen LogP contribution in [-0.2, 0) is 11.2 Å². The van der Waals surface area contributed by atoms with Crippen molar-refractivity contribution in [2.24, 2.45) is 0 Å². The molecule has 0 amide bonds. The fourth-order valence-electron chi connectivity index (χ4n) is 1.41. The van der Waals surface area contributed by atoms with Crippen molar-refractivity contribution >= 4 is 11.7 Å². The minimum atomic E-state index is -0.765. The lowest BCUT2D eigenvalue weighted by Crippen LogP contribution is -2.01. The van der Waals surface area contributed by atoms with Crippen LogP contribution in [0.3, 0.4) is 0 Å². The van der Waals surface area contributed by atoms with Crippen molar-refractivity contribution in [2.45, 2.75) is 26.7 Å². The molecule has 0 aliphatic carbocycles. The van der Waals surface area contributed by atoms with Crippen LogP contribution in [0.25, 0.3) is 0 Å². The fourth-order valence-corrected chi connectivity index (χ4v) is 1.41. The quantitative estimate of drug-likeness (QED) is 0.721. The van der Waals surface area contributed by atoms with E-state index in [4.69, 9.17) is 10.8 Å². The Kier molecular flexibility index (Phi) is 3.12. The van der Waals surface area contributed by atoms with Gasteiger partial charge in [0.2, 0.25) is 0 Å². The van der Waals surface area contributed by atoms with E-state index < -0.39 is 5.97 Å². The predicted molar refractivity (Wildman–Crippen MR) is 56.3 cm³/mol. The maximum absolute atomic E-state index is 10.4. The number of carbonyl (C=O) groups is 1.